The minimum atomic E-state index is -0.0199. The molecule has 0 spiro atoms. The van der Waals surface area contributed by atoms with Crippen LogP contribution in [0.25, 0.3) is 0 Å². The van der Waals surface area contributed by atoms with Crippen LogP contribution in [0.15, 0.2) is 47.5 Å². The number of hydrogen-bond acceptors (Lipinski definition) is 4. The van der Waals surface area contributed by atoms with E-state index in [4.69, 9.17) is 9.73 Å². The fourth-order valence-electron chi connectivity index (χ4n) is 2.56. The van der Waals surface area contributed by atoms with Crippen molar-refractivity contribution in [2.45, 2.75) is 33.2 Å². The number of anilines is 1. The van der Waals surface area contributed by atoms with E-state index in [1.165, 1.54) is 0 Å². The number of benzene rings is 2. The molecule has 1 aliphatic heterocycles. The Morgan fingerprint density at radius 3 is 2.68 bits per heavy atom. The molecule has 0 unspecified atom stereocenters. The van der Waals surface area contributed by atoms with Gasteiger partial charge in [-0.3, -0.25) is 4.79 Å². The lowest BCUT2D eigenvalue weighted by molar-refractivity contribution is -0.115. The monoisotopic (exact) mass is 337 g/mol. The Morgan fingerprint density at radius 1 is 1.20 bits per heavy atom. The average molecular weight is 337 g/mol. The van der Waals surface area contributed by atoms with Crippen LogP contribution in [0.3, 0.4) is 0 Å². The Kier molecular flexibility index (Phi) is 4.74. The summed E-state index contributed by atoms with van der Waals surface area (Å²) < 4.78 is 6.09. The Labute approximate surface area is 148 Å². The predicted molar refractivity (Wildman–Crippen MR) is 101 cm³/mol. The second-order valence-electron chi connectivity index (χ2n) is 6.32. The highest BCUT2D eigenvalue weighted by molar-refractivity contribution is 6.05. The van der Waals surface area contributed by atoms with Crippen molar-refractivity contribution in [3.63, 3.8) is 0 Å². The van der Waals surface area contributed by atoms with Crippen LogP contribution in [-0.4, -0.2) is 29.7 Å². The summed E-state index contributed by atoms with van der Waals surface area (Å²) in [6.45, 7) is 6.06. The third-order valence-corrected chi connectivity index (χ3v) is 4.25. The van der Waals surface area contributed by atoms with Gasteiger partial charge >= 0.3 is 0 Å². The Morgan fingerprint density at radius 2 is 1.96 bits per heavy atom. The zero-order chi connectivity index (χ0) is 18.0. The highest BCUT2D eigenvalue weighted by atomic mass is 16.5. The molecular formula is C20H23N3O2. The van der Waals surface area contributed by atoms with Crippen molar-refractivity contribution in [1.82, 2.24) is 4.90 Å². The van der Waals surface area contributed by atoms with Crippen molar-refractivity contribution < 1.29 is 9.53 Å². The maximum absolute atomic E-state index is 11.7. The smallest absolute Gasteiger partial charge is 0.224 e. The van der Waals surface area contributed by atoms with Crippen molar-refractivity contribution in [2.75, 3.05) is 12.4 Å². The maximum Gasteiger partial charge on any atom is 0.224 e. The molecule has 5 heteroatoms. The highest BCUT2D eigenvalue weighted by Crippen LogP contribution is 2.38. The van der Waals surface area contributed by atoms with Gasteiger partial charge in [0.25, 0.3) is 0 Å². The topological polar surface area (TPSA) is 53.9 Å². The molecule has 3 rings (SSSR count). The Hall–Kier alpha value is -2.82. The molecule has 5 nitrogen and oxygen atoms in total. The van der Waals surface area contributed by atoms with E-state index in [1.807, 2.05) is 56.4 Å². The largest absolute Gasteiger partial charge is 0.454 e. The summed E-state index contributed by atoms with van der Waals surface area (Å²) in [6.07, 6.45) is 0.436. The number of hydrogen-bond donors (Lipinski definition) is 1. The first-order valence-corrected chi connectivity index (χ1v) is 8.52. The van der Waals surface area contributed by atoms with Gasteiger partial charge in [-0.05, 0) is 44.2 Å². The van der Waals surface area contributed by atoms with Crippen LogP contribution in [0.5, 0.6) is 11.5 Å². The fourth-order valence-corrected chi connectivity index (χ4v) is 2.56. The molecule has 2 aromatic carbocycles. The lowest BCUT2D eigenvalue weighted by Crippen LogP contribution is -2.33. The van der Waals surface area contributed by atoms with E-state index in [9.17, 15) is 4.79 Å². The van der Waals surface area contributed by atoms with Crippen molar-refractivity contribution in [1.29, 1.82) is 0 Å². The number of aliphatic imine (C=N–C) groups is 1. The molecule has 0 radical (unpaired) electrons. The summed E-state index contributed by atoms with van der Waals surface area (Å²) in [5, 5.41) is 2.90. The first-order chi connectivity index (χ1) is 12.0. The highest BCUT2D eigenvalue weighted by Gasteiger charge is 2.22. The number of nitrogens with zero attached hydrogens (tertiary/aromatic N) is 2. The summed E-state index contributed by atoms with van der Waals surface area (Å²) >= 11 is 0. The van der Waals surface area contributed by atoms with Gasteiger partial charge in [0.15, 0.2) is 5.75 Å². The van der Waals surface area contributed by atoms with Gasteiger partial charge in [-0.2, -0.15) is 0 Å². The number of nitrogens with one attached hydrogen (secondary N) is 1. The minimum Gasteiger partial charge on any atom is -0.454 e. The molecule has 0 atom stereocenters. The minimum absolute atomic E-state index is 0.0199. The molecule has 1 aliphatic rings. The second-order valence-corrected chi connectivity index (χ2v) is 6.32. The van der Waals surface area contributed by atoms with Crippen molar-refractivity contribution in [3.8, 4) is 11.5 Å². The van der Waals surface area contributed by atoms with E-state index in [1.54, 1.807) is 0 Å². The van der Waals surface area contributed by atoms with Crippen LogP contribution >= 0.6 is 0 Å². The average Bonchev–Trinajstić information content (AvgIpc) is 2.77. The lowest BCUT2D eigenvalue weighted by atomic mass is 10.1. The number of amidine groups is 1. The van der Waals surface area contributed by atoms with Crippen LogP contribution in [0.2, 0.25) is 0 Å². The van der Waals surface area contributed by atoms with Crippen molar-refractivity contribution >= 4 is 23.1 Å². The SMILES string of the molecule is CCC(=O)Nc1ccc2c(c1)C(N(C)C(C)C)=Nc1ccccc1O2. The van der Waals surface area contributed by atoms with Crippen LogP contribution in [0.1, 0.15) is 32.8 Å². The molecule has 1 amide bonds. The summed E-state index contributed by atoms with van der Waals surface area (Å²) in [7, 11) is 2.01. The third-order valence-electron chi connectivity index (χ3n) is 4.25. The van der Waals surface area contributed by atoms with E-state index >= 15 is 0 Å². The van der Waals surface area contributed by atoms with Crippen LogP contribution in [0, 0.1) is 0 Å². The zero-order valence-electron chi connectivity index (χ0n) is 15.0. The lowest BCUT2D eigenvalue weighted by Gasteiger charge is -2.26. The molecule has 0 aromatic heterocycles. The van der Waals surface area contributed by atoms with Crippen LogP contribution in [0.4, 0.5) is 11.4 Å². The van der Waals surface area contributed by atoms with Gasteiger partial charge in [-0.15, -0.1) is 0 Å². The number of fused-ring (bicyclic) bond motifs is 2. The van der Waals surface area contributed by atoms with Gasteiger partial charge in [-0.1, -0.05) is 19.1 Å². The molecule has 2 aromatic rings. The van der Waals surface area contributed by atoms with Gasteiger partial charge in [0.05, 0.1) is 5.56 Å². The van der Waals surface area contributed by atoms with E-state index < -0.39 is 0 Å². The van der Waals surface area contributed by atoms with Gasteiger partial charge in [0, 0.05) is 25.2 Å². The molecule has 0 aliphatic carbocycles. The molecule has 0 fully saturated rings. The predicted octanol–water partition coefficient (Wildman–Crippen LogP) is 4.56. The second kappa shape index (κ2) is 6.97. The number of para-hydroxylation sites is 2. The third kappa shape index (κ3) is 3.50. The normalized spacial score (nSPS) is 12.4. The zero-order valence-corrected chi connectivity index (χ0v) is 15.0. The number of rotatable bonds is 3. The van der Waals surface area contributed by atoms with Gasteiger partial charge in [-0.25, -0.2) is 4.99 Å². The van der Waals surface area contributed by atoms with Crippen molar-refractivity contribution in [2.24, 2.45) is 4.99 Å². The quantitative estimate of drug-likeness (QED) is 0.893. The molecule has 25 heavy (non-hydrogen) atoms. The molecule has 0 saturated heterocycles. The van der Waals surface area contributed by atoms with Gasteiger partial charge < -0.3 is 15.0 Å². The molecule has 1 heterocycles. The maximum atomic E-state index is 11.7. The number of carbonyl (C=O) groups excluding carboxylic acids is 1. The standard InChI is InChI=1S/C20H23N3O2/c1-5-19(24)21-14-10-11-17-15(12-14)20(23(4)13(2)3)22-16-8-6-7-9-18(16)25-17/h6-13H,5H2,1-4H3,(H,21,24). The van der Waals surface area contributed by atoms with Gasteiger partial charge in [0.1, 0.15) is 17.3 Å². The molecule has 130 valence electrons. The van der Waals surface area contributed by atoms with Crippen LogP contribution < -0.4 is 10.1 Å². The van der Waals surface area contributed by atoms with E-state index in [-0.39, 0.29) is 11.9 Å². The Bertz CT molecular complexity index is 827. The van der Waals surface area contributed by atoms with E-state index in [0.29, 0.717) is 6.42 Å². The van der Waals surface area contributed by atoms with E-state index in [2.05, 4.69) is 24.1 Å². The number of amides is 1. The summed E-state index contributed by atoms with van der Waals surface area (Å²) in [6, 6.07) is 13.7. The fraction of sp³-hybridized carbons (Fsp3) is 0.300. The number of ether oxygens (including phenoxy) is 1. The summed E-state index contributed by atoms with van der Waals surface area (Å²) in [5.74, 6) is 2.25. The Balaban J connectivity index is 2.13. The summed E-state index contributed by atoms with van der Waals surface area (Å²) in [5.41, 5.74) is 2.40. The molecule has 0 bridgehead atoms. The van der Waals surface area contributed by atoms with Crippen molar-refractivity contribution in [3.05, 3.63) is 48.0 Å². The molecule has 0 saturated carbocycles. The molecular weight excluding hydrogens is 314 g/mol. The van der Waals surface area contributed by atoms with Gasteiger partial charge in [0.2, 0.25) is 5.91 Å². The summed E-state index contributed by atoms with van der Waals surface area (Å²) in [4.78, 5) is 18.7. The first kappa shape index (κ1) is 17.0. The van der Waals surface area contributed by atoms with E-state index in [0.717, 1.165) is 34.3 Å². The number of carbonyl (C=O) groups is 1. The van der Waals surface area contributed by atoms with Crippen LogP contribution in [-0.2, 0) is 4.79 Å². The molecule has 1 N–H and O–H groups in total. The first-order valence-electron chi connectivity index (χ1n) is 8.52.